The van der Waals surface area contributed by atoms with Crippen molar-refractivity contribution >= 4 is 33.1 Å². The summed E-state index contributed by atoms with van der Waals surface area (Å²) in [6, 6.07) is 5.79. The Balaban J connectivity index is 1.83. The summed E-state index contributed by atoms with van der Waals surface area (Å²) in [6.07, 6.45) is 3.25. The molecular weight excluding hydrogens is 338 g/mol. The Bertz CT molecular complexity index is 685. The van der Waals surface area contributed by atoms with Crippen molar-refractivity contribution in [3.8, 4) is 0 Å². The van der Waals surface area contributed by atoms with Gasteiger partial charge in [0.1, 0.15) is 0 Å². The molecule has 0 aliphatic carbocycles. The Kier molecular flexibility index (Phi) is 5.91. The molecule has 7 nitrogen and oxygen atoms in total. The fraction of sp³-hybridized carbons (Fsp3) is 0.429. The minimum Gasteiger partial charge on any atom is -0.376 e. The monoisotopic (exact) mass is 357 g/mol. The number of benzene rings is 1. The number of carbonyl (C=O) groups excluding carboxylic acids is 1. The lowest BCUT2D eigenvalue weighted by Crippen LogP contribution is -2.48. The van der Waals surface area contributed by atoms with E-state index in [-0.39, 0.29) is 21.7 Å². The van der Waals surface area contributed by atoms with E-state index in [1.165, 1.54) is 24.3 Å². The van der Waals surface area contributed by atoms with Crippen molar-refractivity contribution in [3.05, 3.63) is 29.8 Å². The highest BCUT2D eigenvalue weighted by Gasteiger charge is 2.15. The highest BCUT2D eigenvalue weighted by atomic mass is 32.2. The first-order valence-corrected chi connectivity index (χ1v) is 9.42. The molecule has 0 radical (unpaired) electrons. The molecule has 1 amide bonds. The zero-order valence-electron chi connectivity index (χ0n) is 12.7. The van der Waals surface area contributed by atoms with Gasteiger partial charge in [0.15, 0.2) is 14.9 Å². The summed E-state index contributed by atoms with van der Waals surface area (Å²) < 4.78 is 28.4. The predicted octanol–water partition coefficient (Wildman–Crippen LogP) is 0.378. The third kappa shape index (κ3) is 5.45. The van der Waals surface area contributed by atoms with Crippen LogP contribution in [0.3, 0.4) is 0 Å². The van der Waals surface area contributed by atoms with Crippen LogP contribution in [0.1, 0.15) is 23.2 Å². The normalized spacial score (nSPS) is 17.5. The van der Waals surface area contributed by atoms with Crippen LogP contribution in [0.25, 0.3) is 0 Å². The van der Waals surface area contributed by atoms with E-state index < -0.39 is 15.7 Å². The van der Waals surface area contributed by atoms with Gasteiger partial charge < -0.3 is 10.1 Å². The number of amides is 1. The Morgan fingerprint density at radius 3 is 2.83 bits per heavy atom. The zero-order valence-corrected chi connectivity index (χ0v) is 14.3. The minimum absolute atomic E-state index is 0.0873. The number of thiocarbonyl (C=S) groups is 1. The van der Waals surface area contributed by atoms with Crippen molar-refractivity contribution in [2.45, 2.75) is 23.8 Å². The van der Waals surface area contributed by atoms with Crippen LogP contribution in [-0.2, 0) is 14.6 Å². The molecule has 1 fully saturated rings. The van der Waals surface area contributed by atoms with Gasteiger partial charge in [-0.15, -0.1) is 0 Å². The molecule has 9 heteroatoms. The van der Waals surface area contributed by atoms with Crippen molar-refractivity contribution in [1.29, 1.82) is 0 Å². The zero-order chi connectivity index (χ0) is 16.9. The SMILES string of the molecule is CS(=O)(=O)c1cccc(C(=O)NNC(=S)NCC2CCCO2)c1. The lowest BCUT2D eigenvalue weighted by atomic mass is 10.2. The molecule has 1 unspecified atom stereocenters. The van der Waals surface area contributed by atoms with Crippen LogP contribution in [0.2, 0.25) is 0 Å². The summed E-state index contributed by atoms with van der Waals surface area (Å²) in [6.45, 7) is 1.34. The molecule has 1 saturated heterocycles. The highest BCUT2D eigenvalue weighted by Crippen LogP contribution is 2.11. The molecule has 1 aromatic carbocycles. The number of carbonyl (C=O) groups is 1. The summed E-state index contributed by atoms with van der Waals surface area (Å²) in [5, 5.41) is 3.22. The van der Waals surface area contributed by atoms with E-state index in [0.29, 0.717) is 6.54 Å². The fourth-order valence-electron chi connectivity index (χ4n) is 2.11. The average molecular weight is 357 g/mol. The minimum atomic E-state index is -3.36. The van der Waals surface area contributed by atoms with Gasteiger partial charge in [0.05, 0.1) is 11.0 Å². The van der Waals surface area contributed by atoms with Crippen molar-refractivity contribution in [1.82, 2.24) is 16.2 Å². The molecule has 3 N–H and O–H groups in total. The van der Waals surface area contributed by atoms with E-state index in [1.54, 1.807) is 0 Å². The Hall–Kier alpha value is -1.71. The molecular formula is C14H19N3O4S2. The standard InChI is InChI=1S/C14H19N3O4S2/c1-23(19,20)12-6-2-4-10(8-12)13(18)16-17-14(22)15-9-11-5-3-7-21-11/h2,4,6,8,11H,3,5,7,9H2,1H3,(H,16,18)(H2,15,17,22). The van der Waals surface area contributed by atoms with Crippen LogP contribution in [0, 0.1) is 0 Å². The maximum Gasteiger partial charge on any atom is 0.269 e. The highest BCUT2D eigenvalue weighted by molar-refractivity contribution is 7.90. The van der Waals surface area contributed by atoms with Gasteiger partial charge in [0.25, 0.3) is 5.91 Å². The van der Waals surface area contributed by atoms with Gasteiger partial charge in [-0.1, -0.05) is 6.07 Å². The van der Waals surface area contributed by atoms with Gasteiger partial charge >= 0.3 is 0 Å². The van der Waals surface area contributed by atoms with Crippen LogP contribution in [0.5, 0.6) is 0 Å². The van der Waals surface area contributed by atoms with Gasteiger partial charge in [-0.05, 0) is 43.3 Å². The van der Waals surface area contributed by atoms with Gasteiger partial charge in [-0.25, -0.2) is 8.42 Å². The second kappa shape index (κ2) is 7.71. The topological polar surface area (TPSA) is 96.5 Å². The average Bonchev–Trinajstić information content (AvgIpc) is 3.03. The number of nitrogens with one attached hydrogen (secondary N) is 3. The van der Waals surface area contributed by atoms with E-state index >= 15 is 0 Å². The first-order valence-electron chi connectivity index (χ1n) is 7.12. The van der Waals surface area contributed by atoms with Crippen molar-refractivity contribution in [2.24, 2.45) is 0 Å². The predicted molar refractivity (Wildman–Crippen MR) is 89.7 cm³/mol. The number of rotatable bonds is 4. The molecule has 1 aliphatic rings. The molecule has 2 rings (SSSR count). The second-order valence-electron chi connectivity index (χ2n) is 5.22. The lowest BCUT2D eigenvalue weighted by Gasteiger charge is -2.14. The van der Waals surface area contributed by atoms with Crippen LogP contribution in [-0.4, -0.2) is 44.9 Å². The summed E-state index contributed by atoms with van der Waals surface area (Å²) in [7, 11) is -3.36. The molecule has 1 aliphatic heterocycles. The smallest absolute Gasteiger partial charge is 0.269 e. The number of sulfone groups is 1. The molecule has 126 valence electrons. The fourth-order valence-corrected chi connectivity index (χ4v) is 2.91. The van der Waals surface area contributed by atoms with Crippen LogP contribution >= 0.6 is 12.2 Å². The van der Waals surface area contributed by atoms with Crippen LogP contribution < -0.4 is 16.2 Å². The largest absolute Gasteiger partial charge is 0.376 e. The van der Waals surface area contributed by atoms with Crippen LogP contribution in [0.15, 0.2) is 29.2 Å². The van der Waals surface area contributed by atoms with E-state index in [2.05, 4.69) is 16.2 Å². The Morgan fingerprint density at radius 1 is 1.39 bits per heavy atom. The van der Waals surface area contributed by atoms with Gasteiger partial charge in [-0.2, -0.15) is 0 Å². The number of hydrazine groups is 1. The van der Waals surface area contributed by atoms with Crippen LogP contribution in [0.4, 0.5) is 0 Å². The summed E-state index contributed by atoms with van der Waals surface area (Å²) in [4.78, 5) is 12.1. The molecule has 1 atom stereocenters. The third-order valence-electron chi connectivity index (χ3n) is 3.33. The number of ether oxygens (including phenoxy) is 1. The van der Waals surface area contributed by atoms with Crippen molar-refractivity contribution < 1.29 is 17.9 Å². The first kappa shape index (κ1) is 17.6. The summed E-state index contributed by atoms with van der Waals surface area (Å²) >= 11 is 5.05. The summed E-state index contributed by atoms with van der Waals surface area (Å²) in [5.74, 6) is -0.475. The molecule has 0 bridgehead atoms. The van der Waals surface area contributed by atoms with E-state index in [4.69, 9.17) is 17.0 Å². The maximum atomic E-state index is 12.0. The molecule has 23 heavy (non-hydrogen) atoms. The second-order valence-corrected chi connectivity index (χ2v) is 7.65. The Labute approximate surface area is 140 Å². The van der Waals surface area contributed by atoms with Gasteiger partial charge in [0.2, 0.25) is 0 Å². The molecule has 0 aromatic heterocycles. The number of hydrogen-bond acceptors (Lipinski definition) is 5. The molecule has 1 aromatic rings. The molecule has 1 heterocycles. The van der Waals surface area contributed by atoms with Gasteiger partial charge in [-0.3, -0.25) is 15.6 Å². The van der Waals surface area contributed by atoms with Crippen molar-refractivity contribution in [3.63, 3.8) is 0 Å². The summed E-state index contributed by atoms with van der Waals surface area (Å²) in [5.41, 5.74) is 5.23. The molecule has 0 spiro atoms. The quantitative estimate of drug-likeness (QED) is 0.529. The number of hydrogen-bond donors (Lipinski definition) is 3. The van der Waals surface area contributed by atoms with Gasteiger partial charge in [0, 0.05) is 25.0 Å². The van der Waals surface area contributed by atoms with Crippen molar-refractivity contribution in [2.75, 3.05) is 19.4 Å². The maximum absolute atomic E-state index is 12.0. The first-order chi connectivity index (χ1) is 10.9. The Morgan fingerprint density at radius 2 is 2.17 bits per heavy atom. The van der Waals surface area contributed by atoms with E-state index in [9.17, 15) is 13.2 Å². The third-order valence-corrected chi connectivity index (χ3v) is 4.68. The van der Waals surface area contributed by atoms with E-state index in [1.807, 2.05) is 0 Å². The molecule has 0 saturated carbocycles. The lowest BCUT2D eigenvalue weighted by molar-refractivity contribution is 0.0943. The van der Waals surface area contributed by atoms with E-state index in [0.717, 1.165) is 25.7 Å².